The molecule has 0 saturated heterocycles. The van der Waals surface area contributed by atoms with Crippen LogP contribution in [0.5, 0.6) is 5.88 Å². The average Bonchev–Trinajstić information content (AvgIpc) is 2.84. The number of nitrogens with zero attached hydrogens (tertiary/aromatic N) is 3. The van der Waals surface area contributed by atoms with Crippen molar-refractivity contribution in [3.05, 3.63) is 78.6 Å². The second kappa shape index (κ2) is 12.3. The molecule has 7 heteroatoms. The fourth-order valence-corrected chi connectivity index (χ4v) is 3.20. The van der Waals surface area contributed by atoms with E-state index in [0.717, 1.165) is 49.3 Å². The molecule has 2 aromatic heterocycles. The fraction of sp³-hybridized carbons (Fsp3) is 0.292. The Kier molecular flexibility index (Phi) is 8.82. The van der Waals surface area contributed by atoms with Crippen LogP contribution in [0.3, 0.4) is 0 Å². The highest BCUT2D eigenvalue weighted by Gasteiger charge is 2.11. The van der Waals surface area contributed by atoms with Gasteiger partial charge < -0.3 is 9.64 Å². The third kappa shape index (κ3) is 7.38. The number of aromatic nitrogens is 2. The lowest BCUT2D eigenvalue weighted by Crippen LogP contribution is -2.20. The van der Waals surface area contributed by atoms with Gasteiger partial charge in [-0.05, 0) is 36.6 Å². The van der Waals surface area contributed by atoms with Crippen molar-refractivity contribution < 1.29 is 14.7 Å². The normalized spacial score (nSPS) is 10.5. The standard InChI is InChI=1S/C24H28N4O3/c29-23(27-30)13-6-1-2-9-17-28(22-12-7-8-16-25-22)21-14-15-24(26-18-21)31-19-20-10-4-3-5-11-20/h3-5,7-8,10-12,14-16,18,30H,1-2,6,9,13,17,19H2,(H,27,29). The van der Waals surface area contributed by atoms with Gasteiger partial charge in [0.25, 0.3) is 0 Å². The Morgan fingerprint density at radius 3 is 2.45 bits per heavy atom. The molecule has 2 heterocycles. The number of hydroxylamine groups is 1. The topological polar surface area (TPSA) is 87.6 Å². The van der Waals surface area contributed by atoms with Gasteiger partial charge >= 0.3 is 0 Å². The maximum Gasteiger partial charge on any atom is 0.243 e. The number of unbranched alkanes of at least 4 members (excludes halogenated alkanes) is 3. The minimum absolute atomic E-state index is 0.337. The van der Waals surface area contributed by atoms with Gasteiger partial charge in [0, 0.05) is 25.2 Å². The number of carbonyl (C=O) groups excluding carboxylic acids is 1. The summed E-state index contributed by atoms with van der Waals surface area (Å²) in [6.45, 7) is 1.26. The van der Waals surface area contributed by atoms with Crippen molar-refractivity contribution in [2.75, 3.05) is 11.4 Å². The molecule has 2 N–H and O–H groups in total. The first kappa shape index (κ1) is 22.2. The van der Waals surface area contributed by atoms with Gasteiger partial charge in [-0.1, -0.05) is 49.2 Å². The van der Waals surface area contributed by atoms with Crippen LogP contribution in [0.25, 0.3) is 0 Å². The molecule has 0 unspecified atom stereocenters. The lowest BCUT2D eigenvalue weighted by Gasteiger charge is -2.23. The Bertz CT molecular complexity index is 905. The van der Waals surface area contributed by atoms with Crippen molar-refractivity contribution >= 4 is 17.4 Å². The van der Waals surface area contributed by atoms with Crippen molar-refractivity contribution in [1.29, 1.82) is 0 Å². The number of anilines is 2. The minimum atomic E-state index is -0.337. The van der Waals surface area contributed by atoms with Gasteiger partial charge in [0.1, 0.15) is 12.4 Å². The molecular formula is C24H28N4O3. The van der Waals surface area contributed by atoms with Gasteiger partial charge in [-0.25, -0.2) is 15.4 Å². The zero-order chi connectivity index (χ0) is 21.7. The van der Waals surface area contributed by atoms with Gasteiger partial charge in [0.15, 0.2) is 0 Å². The molecule has 31 heavy (non-hydrogen) atoms. The van der Waals surface area contributed by atoms with Gasteiger partial charge in [0.2, 0.25) is 11.8 Å². The van der Waals surface area contributed by atoms with Crippen LogP contribution in [-0.2, 0) is 11.4 Å². The van der Waals surface area contributed by atoms with Crippen LogP contribution in [0.2, 0.25) is 0 Å². The summed E-state index contributed by atoms with van der Waals surface area (Å²) in [4.78, 5) is 22.2. The molecule has 7 nitrogen and oxygen atoms in total. The van der Waals surface area contributed by atoms with Crippen LogP contribution in [0.15, 0.2) is 73.1 Å². The van der Waals surface area contributed by atoms with Crippen LogP contribution in [0, 0.1) is 0 Å². The third-order valence-electron chi connectivity index (χ3n) is 4.85. The summed E-state index contributed by atoms with van der Waals surface area (Å²) in [6.07, 6.45) is 7.53. The van der Waals surface area contributed by atoms with E-state index in [4.69, 9.17) is 9.94 Å². The van der Waals surface area contributed by atoms with E-state index in [1.54, 1.807) is 17.9 Å². The average molecular weight is 421 g/mol. The molecule has 3 aromatic rings. The molecule has 3 rings (SSSR count). The predicted molar refractivity (Wildman–Crippen MR) is 119 cm³/mol. The van der Waals surface area contributed by atoms with E-state index in [2.05, 4.69) is 14.9 Å². The zero-order valence-electron chi connectivity index (χ0n) is 17.5. The molecule has 0 fully saturated rings. The maximum absolute atomic E-state index is 11.1. The lowest BCUT2D eigenvalue weighted by atomic mass is 10.1. The quantitative estimate of drug-likeness (QED) is 0.252. The number of hydrogen-bond acceptors (Lipinski definition) is 6. The van der Waals surface area contributed by atoms with Gasteiger partial charge in [-0.2, -0.15) is 0 Å². The summed E-state index contributed by atoms with van der Waals surface area (Å²) in [5.74, 6) is 1.11. The molecule has 162 valence electrons. The number of benzene rings is 1. The van der Waals surface area contributed by atoms with Gasteiger partial charge in [-0.15, -0.1) is 0 Å². The summed E-state index contributed by atoms with van der Waals surface area (Å²) >= 11 is 0. The molecule has 1 amide bonds. The third-order valence-corrected chi connectivity index (χ3v) is 4.85. The molecule has 0 bridgehead atoms. The number of amides is 1. The van der Waals surface area contributed by atoms with E-state index in [1.807, 2.05) is 60.7 Å². The molecule has 0 saturated carbocycles. The number of pyridine rings is 2. The first-order valence-electron chi connectivity index (χ1n) is 10.5. The maximum atomic E-state index is 11.1. The number of rotatable bonds is 12. The van der Waals surface area contributed by atoms with E-state index in [1.165, 1.54) is 0 Å². The number of hydrogen-bond donors (Lipinski definition) is 2. The molecule has 0 atom stereocenters. The predicted octanol–water partition coefficient (Wildman–Crippen LogP) is 4.65. The van der Waals surface area contributed by atoms with Crippen LogP contribution < -0.4 is 15.1 Å². The number of ether oxygens (including phenoxy) is 1. The molecule has 1 aromatic carbocycles. The summed E-state index contributed by atoms with van der Waals surface area (Å²) < 4.78 is 5.79. The van der Waals surface area contributed by atoms with Crippen molar-refractivity contribution in [3.63, 3.8) is 0 Å². The molecule has 0 aliphatic rings. The minimum Gasteiger partial charge on any atom is -0.473 e. The van der Waals surface area contributed by atoms with Crippen molar-refractivity contribution in [2.45, 2.75) is 38.7 Å². The highest BCUT2D eigenvalue weighted by atomic mass is 16.5. The second-order valence-electron chi connectivity index (χ2n) is 7.17. The lowest BCUT2D eigenvalue weighted by molar-refractivity contribution is -0.129. The SMILES string of the molecule is O=C(CCCCCCN(c1ccc(OCc2ccccc2)nc1)c1ccccn1)NO. The van der Waals surface area contributed by atoms with E-state index in [-0.39, 0.29) is 5.91 Å². The Balaban J connectivity index is 1.56. The van der Waals surface area contributed by atoms with Crippen molar-refractivity contribution in [3.8, 4) is 5.88 Å². The number of carbonyl (C=O) groups is 1. The van der Waals surface area contributed by atoms with E-state index in [0.29, 0.717) is 18.9 Å². The molecule has 0 aliphatic heterocycles. The van der Waals surface area contributed by atoms with Crippen LogP contribution in [0.4, 0.5) is 11.5 Å². The largest absolute Gasteiger partial charge is 0.473 e. The Morgan fingerprint density at radius 1 is 0.935 bits per heavy atom. The van der Waals surface area contributed by atoms with E-state index >= 15 is 0 Å². The summed E-state index contributed by atoms with van der Waals surface area (Å²) in [6, 6.07) is 19.7. The zero-order valence-corrected chi connectivity index (χ0v) is 17.5. The van der Waals surface area contributed by atoms with Crippen molar-refractivity contribution in [1.82, 2.24) is 15.4 Å². The van der Waals surface area contributed by atoms with Crippen LogP contribution in [-0.4, -0.2) is 27.6 Å². The summed E-state index contributed by atoms with van der Waals surface area (Å²) in [5.41, 5.74) is 3.71. The Hall–Kier alpha value is -3.45. The Morgan fingerprint density at radius 2 is 1.74 bits per heavy atom. The molecule has 0 spiro atoms. The Labute approximate surface area is 182 Å². The van der Waals surface area contributed by atoms with Crippen molar-refractivity contribution in [2.24, 2.45) is 0 Å². The summed E-state index contributed by atoms with van der Waals surface area (Å²) in [5, 5.41) is 8.55. The number of nitrogens with one attached hydrogen (secondary N) is 1. The van der Waals surface area contributed by atoms with Crippen LogP contribution in [0.1, 0.15) is 37.7 Å². The first-order chi connectivity index (χ1) is 15.3. The van der Waals surface area contributed by atoms with E-state index in [9.17, 15) is 4.79 Å². The fourth-order valence-electron chi connectivity index (χ4n) is 3.20. The van der Waals surface area contributed by atoms with Crippen LogP contribution >= 0.6 is 0 Å². The summed E-state index contributed by atoms with van der Waals surface area (Å²) in [7, 11) is 0. The van der Waals surface area contributed by atoms with Gasteiger partial charge in [0.05, 0.1) is 11.9 Å². The molecule has 0 aliphatic carbocycles. The smallest absolute Gasteiger partial charge is 0.243 e. The van der Waals surface area contributed by atoms with Gasteiger partial charge in [-0.3, -0.25) is 10.0 Å². The monoisotopic (exact) mass is 420 g/mol. The molecule has 0 radical (unpaired) electrons. The highest BCUT2D eigenvalue weighted by molar-refractivity contribution is 5.74. The van der Waals surface area contributed by atoms with E-state index < -0.39 is 0 Å². The first-order valence-corrected chi connectivity index (χ1v) is 10.5. The second-order valence-corrected chi connectivity index (χ2v) is 7.17. The molecular weight excluding hydrogens is 392 g/mol. The highest BCUT2D eigenvalue weighted by Crippen LogP contribution is 2.25.